The summed E-state index contributed by atoms with van der Waals surface area (Å²) in [5, 5.41) is 2.83. The number of nitrogens with zero attached hydrogens (tertiary/aromatic N) is 2. The Hall–Kier alpha value is -2.55. The van der Waals surface area contributed by atoms with Gasteiger partial charge in [0.15, 0.2) is 6.61 Å². The Kier molecular flexibility index (Phi) is 5.68. The fourth-order valence-electron chi connectivity index (χ4n) is 1.88. The van der Waals surface area contributed by atoms with Gasteiger partial charge in [-0.25, -0.2) is 9.97 Å². The van der Waals surface area contributed by atoms with Gasteiger partial charge in [0.1, 0.15) is 5.82 Å². The van der Waals surface area contributed by atoms with Crippen molar-refractivity contribution in [2.24, 2.45) is 0 Å². The van der Waals surface area contributed by atoms with Crippen molar-refractivity contribution in [1.82, 2.24) is 15.3 Å². The van der Waals surface area contributed by atoms with Crippen molar-refractivity contribution in [1.29, 1.82) is 0 Å². The van der Waals surface area contributed by atoms with Crippen molar-refractivity contribution >= 4 is 23.3 Å². The average Bonchev–Trinajstić information content (AvgIpc) is 2.54. The molecule has 2 aromatic rings. The molecule has 0 spiro atoms. The molecule has 0 aliphatic carbocycles. The molecule has 2 aromatic heterocycles. The summed E-state index contributed by atoms with van der Waals surface area (Å²) >= 11 is 5.91. The molecule has 0 saturated carbocycles. The van der Waals surface area contributed by atoms with Crippen LogP contribution in [0.2, 0.25) is 5.02 Å². The van der Waals surface area contributed by atoms with Crippen molar-refractivity contribution < 1.29 is 22.7 Å². The minimum atomic E-state index is -4.44. The van der Waals surface area contributed by atoms with E-state index < -0.39 is 24.7 Å². The van der Waals surface area contributed by atoms with Gasteiger partial charge in [-0.1, -0.05) is 17.7 Å². The fourth-order valence-corrected chi connectivity index (χ4v) is 2.06. The number of carbonyl (C=O) groups is 1. The number of ether oxygens (including phenoxy) is 1. The minimum Gasteiger partial charge on any atom is -0.468 e. The van der Waals surface area contributed by atoms with Gasteiger partial charge in [0.05, 0.1) is 16.6 Å². The van der Waals surface area contributed by atoms with Gasteiger partial charge in [-0.3, -0.25) is 4.79 Å². The number of nitrogen functional groups attached to an aromatic ring is 1. The molecule has 6 nitrogen and oxygen atoms in total. The van der Waals surface area contributed by atoms with Gasteiger partial charge in [-0.15, -0.1) is 0 Å². The third-order valence-corrected chi connectivity index (χ3v) is 3.41. The van der Waals surface area contributed by atoms with Gasteiger partial charge in [-0.2, -0.15) is 13.2 Å². The molecule has 10 heteroatoms. The fraction of sp³-hybridized carbons (Fsp3) is 0.267. The molecular formula is C15H14ClF3N4O2. The SMILES string of the molecule is CC(NC(=O)c1cc(N)ncc1Cl)c1ccc(OCC(F)(F)F)nc1. The molecule has 1 atom stereocenters. The van der Waals surface area contributed by atoms with Gasteiger partial charge in [-0.05, 0) is 18.6 Å². The van der Waals surface area contributed by atoms with Crippen LogP contribution in [0.25, 0.3) is 0 Å². The molecule has 3 N–H and O–H groups in total. The monoisotopic (exact) mass is 374 g/mol. The summed E-state index contributed by atoms with van der Waals surface area (Å²) < 4.78 is 40.8. The first-order valence-electron chi connectivity index (χ1n) is 7.03. The lowest BCUT2D eigenvalue weighted by atomic mass is 10.1. The van der Waals surface area contributed by atoms with E-state index >= 15 is 0 Å². The Morgan fingerprint density at radius 1 is 1.36 bits per heavy atom. The second-order valence-electron chi connectivity index (χ2n) is 5.12. The highest BCUT2D eigenvalue weighted by atomic mass is 35.5. The molecule has 0 aliphatic heterocycles. The van der Waals surface area contributed by atoms with Crippen LogP contribution in [0, 0.1) is 0 Å². The van der Waals surface area contributed by atoms with Gasteiger partial charge in [0.25, 0.3) is 5.91 Å². The standard InChI is InChI=1S/C15H14ClF3N4O2/c1-8(23-14(24)10-4-12(20)21-6-11(10)16)9-2-3-13(22-5-9)25-7-15(17,18)19/h2-6,8H,7H2,1H3,(H2,20,21)(H,23,24). The highest BCUT2D eigenvalue weighted by Crippen LogP contribution is 2.20. The van der Waals surface area contributed by atoms with Crippen LogP contribution in [0.3, 0.4) is 0 Å². The molecule has 134 valence electrons. The van der Waals surface area contributed by atoms with Crippen molar-refractivity contribution in [2.45, 2.75) is 19.1 Å². The van der Waals surface area contributed by atoms with Crippen LogP contribution in [-0.2, 0) is 0 Å². The van der Waals surface area contributed by atoms with E-state index in [1.807, 2.05) is 0 Å². The number of aromatic nitrogens is 2. The molecule has 25 heavy (non-hydrogen) atoms. The van der Waals surface area contributed by atoms with Gasteiger partial charge < -0.3 is 15.8 Å². The summed E-state index contributed by atoms with van der Waals surface area (Å²) in [5.41, 5.74) is 6.27. The van der Waals surface area contributed by atoms with Crippen LogP contribution >= 0.6 is 11.6 Å². The molecule has 0 radical (unpaired) electrons. The lowest BCUT2D eigenvalue weighted by Crippen LogP contribution is -2.27. The zero-order valence-electron chi connectivity index (χ0n) is 13.0. The van der Waals surface area contributed by atoms with E-state index in [1.54, 1.807) is 6.92 Å². The van der Waals surface area contributed by atoms with E-state index in [2.05, 4.69) is 20.0 Å². The van der Waals surface area contributed by atoms with Crippen molar-refractivity contribution in [3.63, 3.8) is 0 Å². The highest BCUT2D eigenvalue weighted by Gasteiger charge is 2.28. The van der Waals surface area contributed by atoms with E-state index in [4.69, 9.17) is 17.3 Å². The Balaban J connectivity index is 2.02. The third kappa shape index (κ3) is 5.49. The van der Waals surface area contributed by atoms with Crippen LogP contribution < -0.4 is 15.8 Å². The highest BCUT2D eigenvalue weighted by molar-refractivity contribution is 6.33. The normalized spacial score (nSPS) is 12.5. The van der Waals surface area contributed by atoms with E-state index in [-0.39, 0.29) is 22.3 Å². The summed E-state index contributed by atoms with van der Waals surface area (Å²) in [6, 6.07) is 3.67. The number of amides is 1. The first-order chi connectivity index (χ1) is 11.7. The number of rotatable bonds is 5. The first-order valence-corrected chi connectivity index (χ1v) is 7.41. The Labute approximate surface area is 146 Å². The second-order valence-corrected chi connectivity index (χ2v) is 5.52. The lowest BCUT2D eigenvalue weighted by molar-refractivity contribution is -0.154. The number of nitrogens with two attached hydrogens (primary N) is 1. The van der Waals surface area contributed by atoms with E-state index in [9.17, 15) is 18.0 Å². The number of hydrogen-bond donors (Lipinski definition) is 2. The molecule has 0 aliphatic rings. The van der Waals surface area contributed by atoms with Crippen molar-refractivity contribution in [2.75, 3.05) is 12.3 Å². The molecule has 2 rings (SSSR count). The average molecular weight is 375 g/mol. The predicted molar refractivity (Wildman–Crippen MR) is 85.3 cm³/mol. The summed E-state index contributed by atoms with van der Waals surface area (Å²) in [6.07, 6.45) is -1.85. The smallest absolute Gasteiger partial charge is 0.422 e. The van der Waals surface area contributed by atoms with E-state index in [0.717, 1.165) is 0 Å². The molecule has 2 heterocycles. The summed E-state index contributed by atoms with van der Waals surface area (Å²) in [7, 11) is 0. The summed E-state index contributed by atoms with van der Waals surface area (Å²) in [5.74, 6) is -0.483. The number of carbonyl (C=O) groups excluding carboxylic acids is 1. The maximum atomic E-state index is 12.2. The van der Waals surface area contributed by atoms with Crippen molar-refractivity contribution in [3.05, 3.63) is 46.7 Å². The number of nitrogens with one attached hydrogen (secondary N) is 1. The maximum Gasteiger partial charge on any atom is 0.422 e. The largest absolute Gasteiger partial charge is 0.468 e. The van der Waals surface area contributed by atoms with Crippen LogP contribution in [0.4, 0.5) is 19.0 Å². The second kappa shape index (κ2) is 7.56. The topological polar surface area (TPSA) is 90.1 Å². The summed E-state index contributed by atoms with van der Waals surface area (Å²) in [4.78, 5) is 19.8. The van der Waals surface area contributed by atoms with Crippen LogP contribution in [0.5, 0.6) is 5.88 Å². The summed E-state index contributed by atoms with van der Waals surface area (Å²) in [6.45, 7) is 0.261. The third-order valence-electron chi connectivity index (χ3n) is 3.11. The number of hydrogen-bond acceptors (Lipinski definition) is 5. The molecule has 1 amide bonds. The number of anilines is 1. The molecule has 0 saturated heterocycles. The Morgan fingerprint density at radius 2 is 2.08 bits per heavy atom. The Morgan fingerprint density at radius 3 is 2.68 bits per heavy atom. The molecule has 0 aromatic carbocycles. The van der Waals surface area contributed by atoms with Gasteiger partial charge >= 0.3 is 6.18 Å². The van der Waals surface area contributed by atoms with E-state index in [1.165, 1.54) is 30.6 Å². The number of pyridine rings is 2. The van der Waals surface area contributed by atoms with Crippen molar-refractivity contribution in [3.8, 4) is 5.88 Å². The van der Waals surface area contributed by atoms with E-state index in [0.29, 0.717) is 5.56 Å². The van der Waals surface area contributed by atoms with Gasteiger partial charge in [0, 0.05) is 18.5 Å². The zero-order chi connectivity index (χ0) is 18.6. The lowest BCUT2D eigenvalue weighted by Gasteiger charge is -2.15. The zero-order valence-corrected chi connectivity index (χ0v) is 13.7. The predicted octanol–water partition coefficient (Wildman–Crippen LogP) is 3.14. The molecule has 1 unspecified atom stereocenters. The molecule has 0 fully saturated rings. The Bertz CT molecular complexity index is 753. The minimum absolute atomic E-state index is 0.146. The number of alkyl halides is 3. The molecule has 0 bridgehead atoms. The van der Waals surface area contributed by atoms with Crippen LogP contribution in [-0.4, -0.2) is 28.7 Å². The maximum absolute atomic E-state index is 12.2. The van der Waals surface area contributed by atoms with Crippen LogP contribution in [0.15, 0.2) is 30.6 Å². The number of halogens is 4. The quantitative estimate of drug-likeness (QED) is 0.839. The first kappa shape index (κ1) is 18.8. The molecular weight excluding hydrogens is 361 g/mol. The van der Waals surface area contributed by atoms with Gasteiger partial charge in [0.2, 0.25) is 5.88 Å². The van der Waals surface area contributed by atoms with Crippen LogP contribution in [0.1, 0.15) is 28.9 Å².